The Bertz CT molecular complexity index is 1360. The van der Waals surface area contributed by atoms with Crippen molar-refractivity contribution in [3.05, 3.63) is 74.9 Å². The summed E-state index contributed by atoms with van der Waals surface area (Å²) in [4.78, 5) is 49.0. The van der Waals surface area contributed by atoms with Crippen LogP contribution in [0.5, 0.6) is 0 Å². The van der Waals surface area contributed by atoms with Crippen LogP contribution in [0.15, 0.2) is 58.1 Å². The molecule has 0 bridgehead atoms. The molecule has 0 radical (unpaired) electrons. The molecule has 8 nitrogen and oxygen atoms in total. The number of aromatic amines is 1. The van der Waals surface area contributed by atoms with Gasteiger partial charge in [-0.1, -0.05) is 50.1 Å². The Morgan fingerprint density at radius 2 is 1.84 bits per heavy atom. The number of hydrogen-bond donors (Lipinski definition) is 2. The summed E-state index contributed by atoms with van der Waals surface area (Å²) in [6.07, 6.45) is 3.37. The molecule has 31 heavy (non-hydrogen) atoms. The molecule has 2 aromatic heterocycles. The Kier molecular flexibility index (Phi) is 5.88. The molecule has 8 heteroatoms. The van der Waals surface area contributed by atoms with Gasteiger partial charge in [0, 0.05) is 12.1 Å². The lowest BCUT2D eigenvalue weighted by Gasteiger charge is -2.08. The lowest BCUT2D eigenvalue weighted by molar-refractivity contribution is -0.116. The number of anilines is 1. The second kappa shape index (κ2) is 8.91. The van der Waals surface area contributed by atoms with Crippen molar-refractivity contribution in [2.45, 2.75) is 39.2 Å². The van der Waals surface area contributed by atoms with E-state index in [-0.39, 0.29) is 23.6 Å². The van der Waals surface area contributed by atoms with Crippen molar-refractivity contribution in [1.82, 2.24) is 19.5 Å². The minimum atomic E-state index is -0.546. The van der Waals surface area contributed by atoms with E-state index in [1.54, 1.807) is 18.2 Å². The van der Waals surface area contributed by atoms with Gasteiger partial charge in [-0.05, 0) is 30.2 Å². The third kappa shape index (κ3) is 4.53. The second-order valence-electron chi connectivity index (χ2n) is 7.44. The number of rotatable bonds is 7. The van der Waals surface area contributed by atoms with Gasteiger partial charge in [-0.25, -0.2) is 14.8 Å². The molecule has 0 fully saturated rings. The van der Waals surface area contributed by atoms with Crippen molar-refractivity contribution >= 4 is 33.8 Å². The number of fused-ring (bicyclic) bond motifs is 2. The van der Waals surface area contributed by atoms with Crippen molar-refractivity contribution < 1.29 is 4.79 Å². The molecule has 4 rings (SSSR count). The highest BCUT2D eigenvalue weighted by atomic mass is 16.2. The third-order valence-electron chi connectivity index (χ3n) is 5.06. The first kappa shape index (κ1) is 20.5. The molecule has 0 unspecified atom stereocenters. The summed E-state index contributed by atoms with van der Waals surface area (Å²) in [5.74, 6) is -0.0567. The molecular formula is C23H23N5O3. The smallest absolute Gasteiger partial charge is 0.326 e. The Balaban J connectivity index is 1.68. The number of aromatic nitrogens is 4. The summed E-state index contributed by atoms with van der Waals surface area (Å²) in [6, 6.07) is 14.4. The molecule has 0 atom stereocenters. The van der Waals surface area contributed by atoms with Gasteiger partial charge in [-0.2, -0.15) is 0 Å². The van der Waals surface area contributed by atoms with Gasteiger partial charge in [-0.15, -0.1) is 0 Å². The van der Waals surface area contributed by atoms with Crippen molar-refractivity contribution in [3.63, 3.8) is 0 Å². The van der Waals surface area contributed by atoms with Crippen LogP contribution in [0, 0.1) is 0 Å². The first-order valence-corrected chi connectivity index (χ1v) is 10.3. The van der Waals surface area contributed by atoms with E-state index in [0.717, 1.165) is 29.4 Å². The van der Waals surface area contributed by atoms with Crippen LogP contribution in [0.1, 0.15) is 38.2 Å². The number of nitrogens with zero attached hydrogens (tertiary/aromatic N) is 3. The van der Waals surface area contributed by atoms with E-state index in [1.165, 1.54) is 0 Å². The maximum Gasteiger partial charge on any atom is 0.330 e. The largest absolute Gasteiger partial charge is 0.330 e. The fraction of sp³-hybridized carbons (Fsp3) is 0.261. The Labute approximate surface area is 178 Å². The van der Waals surface area contributed by atoms with Crippen LogP contribution in [-0.4, -0.2) is 25.4 Å². The molecule has 0 aliphatic carbocycles. The molecule has 1 amide bonds. The van der Waals surface area contributed by atoms with Gasteiger partial charge in [0.2, 0.25) is 5.91 Å². The highest BCUT2D eigenvalue weighted by Gasteiger charge is 2.13. The van der Waals surface area contributed by atoms with Gasteiger partial charge < -0.3 is 5.32 Å². The third-order valence-corrected chi connectivity index (χ3v) is 5.06. The lowest BCUT2D eigenvalue weighted by atomic mass is 10.2. The summed E-state index contributed by atoms with van der Waals surface area (Å²) in [6.45, 7) is 2.23. The van der Waals surface area contributed by atoms with E-state index in [1.807, 2.05) is 30.3 Å². The van der Waals surface area contributed by atoms with Crippen LogP contribution < -0.4 is 16.6 Å². The molecule has 2 aromatic carbocycles. The predicted octanol–water partition coefficient (Wildman–Crippen LogP) is 3.20. The van der Waals surface area contributed by atoms with Crippen molar-refractivity contribution in [2.24, 2.45) is 0 Å². The zero-order valence-electron chi connectivity index (χ0n) is 17.2. The van der Waals surface area contributed by atoms with E-state index >= 15 is 0 Å². The lowest BCUT2D eigenvalue weighted by Crippen LogP contribution is -2.36. The predicted molar refractivity (Wildman–Crippen MR) is 120 cm³/mol. The Morgan fingerprint density at radius 3 is 2.61 bits per heavy atom. The molecule has 4 aromatic rings. The quantitative estimate of drug-likeness (QED) is 0.354. The zero-order chi connectivity index (χ0) is 21.8. The number of unbranched alkanes of at least 4 members (excludes halogenated alkanes) is 2. The maximum atomic E-state index is 12.9. The van der Waals surface area contributed by atoms with Gasteiger partial charge in [-0.3, -0.25) is 19.1 Å². The summed E-state index contributed by atoms with van der Waals surface area (Å²) in [7, 11) is 0. The molecule has 0 spiro atoms. The minimum absolute atomic E-state index is 0.0567. The average Bonchev–Trinajstić information content (AvgIpc) is 2.76. The van der Waals surface area contributed by atoms with Gasteiger partial charge in [0.15, 0.2) is 11.2 Å². The normalized spacial score (nSPS) is 11.1. The number of H-pyrrole nitrogens is 1. The van der Waals surface area contributed by atoms with Gasteiger partial charge >= 0.3 is 5.69 Å². The highest BCUT2D eigenvalue weighted by molar-refractivity contribution is 5.93. The minimum Gasteiger partial charge on any atom is -0.326 e. The number of carbonyl (C=O) groups excluding carboxylic acids is 1. The van der Waals surface area contributed by atoms with Crippen molar-refractivity contribution in [2.75, 3.05) is 5.32 Å². The monoisotopic (exact) mass is 417 g/mol. The zero-order valence-corrected chi connectivity index (χ0v) is 17.2. The van der Waals surface area contributed by atoms with Crippen molar-refractivity contribution in [1.29, 1.82) is 0 Å². The van der Waals surface area contributed by atoms with E-state index in [0.29, 0.717) is 23.1 Å². The summed E-state index contributed by atoms with van der Waals surface area (Å²) in [5, 5.41) is 2.86. The Hall–Kier alpha value is -3.81. The first-order chi connectivity index (χ1) is 15.0. The van der Waals surface area contributed by atoms with Crippen molar-refractivity contribution in [3.8, 4) is 0 Å². The molecule has 0 aliphatic heterocycles. The number of amides is 1. The highest BCUT2D eigenvalue weighted by Crippen LogP contribution is 2.18. The summed E-state index contributed by atoms with van der Waals surface area (Å²) >= 11 is 0. The maximum absolute atomic E-state index is 12.9. The standard InChI is InChI=1S/C23H23N5O3/c1-2-3-5-10-19(29)24-16-11-12-17-18(13-16)26-21-20(25-17)22(30)28(23(31)27-21)14-15-8-6-4-7-9-15/h4,6-9,11-13H,2-3,5,10,14H2,1H3,(H,24,29)(H,26,27,31). The SMILES string of the molecule is CCCCCC(=O)Nc1ccc2nc3c(=O)n(Cc4ccccc4)c(=O)[nH]c3nc2c1. The van der Waals surface area contributed by atoms with Crippen LogP contribution in [0.2, 0.25) is 0 Å². The van der Waals surface area contributed by atoms with Gasteiger partial charge in [0.1, 0.15) is 0 Å². The molecule has 0 saturated heterocycles. The summed E-state index contributed by atoms with van der Waals surface area (Å²) in [5.41, 5.74) is 1.60. The van der Waals surface area contributed by atoms with E-state index in [9.17, 15) is 14.4 Å². The average molecular weight is 417 g/mol. The van der Waals surface area contributed by atoms with Crippen LogP contribution in [0.25, 0.3) is 22.2 Å². The second-order valence-corrected chi connectivity index (χ2v) is 7.44. The Morgan fingerprint density at radius 1 is 1.03 bits per heavy atom. The van der Waals surface area contributed by atoms with Crippen LogP contribution in [0.4, 0.5) is 5.69 Å². The number of carbonyl (C=O) groups is 1. The molecule has 0 saturated carbocycles. The topological polar surface area (TPSA) is 110 Å². The van der Waals surface area contributed by atoms with E-state index < -0.39 is 11.2 Å². The molecule has 2 N–H and O–H groups in total. The number of hydrogen-bond acceptors (Lipinski definition) is 5. The number of benzene rings is 2. The number of nitrogens with one attached hydrogen (secondary N) is 2. The first-order valence-electron chi connectivity index (χ1n) is 10.3. The fourth-order valence-electron chi connectivity index (χ4n) is 3.43. The van der Waals surface area contributed by atoms with Crippen LogP contribution in [0.3, 0.4) is 0 Å². The summed E-state index contributed by atoms with van der Waals surface area (Å²) < 4.78 is 1.11. The molecule has 2 heterocycles. The van der Waals surface area contributed by atoms with Crippen LogP contribution in [-0.2, 0) is 11.3 Å². The van der Waals surface area contributed by atoms with E-state index in [4.69, 9.17) is 0 Å². The molecular weight excluding hydrogens is 394 g/mol. The van der Waals surface area contributed by atoms with Gasteiger partial charge in [0.05, 0.1) is 17.6 Å². The molecule has 158 valence electrons. The molecule has 0 aliphatic rings. The van der Waals surface area contributed by atoms with Gasteiger partial charge in [0.25, 0.3) is 5.56 Å². The van der Waals surface area contributed by atoms with E-state index in [2.05, 4.69) is 27.2 Å². The van der Waals surface area contributed by atoms with Crippen LogP contribution >= 0.6 is 0 Å². The fourth-order valence-corrected chi connectivity index (χ4v) is 3.43.